The largest absolute Gasteiger partial charge is 0.495 e. The topological polar surface area (TPSA) is 49.3 Å². The minimum absolute atomic E-state index is 0.754. The molecule has 0 atom stereocenters. The van der Waals surface area contributed by atoms with Gasteiger partial charge in [0.05, 0.1) is 12.8 Å². The molecule has 1 aromatic carbocycles. The number of benzene rings is 1. The first-order chi connectivity index (χ1) is 11.8. The zero-order valence-corrected chi connectivity index (χ0v) is 15.1. The molecule has 0 aromatic heterocycles. The summed E-state index contributed by atoms with van der Waals surface area (Å²) in [7, 11) is 3.46. The highest BCUT2D eigenvalue weighted by atomic mass is 16.5. The molecule has 1 saturated heterocycles. The van der Waals surface area contributed by atoms with Crippen molar-refractivity contribution in [2.24, 2.45) is 4.99 Å². The van der Waals surface area contributed by atoms with Gasteiger partial charge in [0.1, 0.15) is 5.75 Å². The average molecular weight is 334 g/mol. The monoisotopic (exact) mass is 334 g/mol. The first kappa shape index (κ1) is 18.4. The second kappa shape index (κ2) is 10.0. The van der Waals surface area contributed by atoms with Crippen LogP contribution in [0.5, 0.6) is 5.75 Å². The Labute approximate surface area is 145 Å². The number of rotatable bonds is 7. The number of methoxy groups -OCH3 is 2. The van der Waals surface area contributed by atoms with E-state index in [4.69, 9.17) is 14.5 Å². The van der Waals surface area contributed by atoms with Gasteiger partial charge in [-0.3, -0.25) is 4.99 Å². The first-order valence-corrected chi connectivity index (χ1v) is 8.70. The SMILES string of the molecule is CCNC(=NCCCOC)N1CCN(c2ccccc2OC)CC1. The lowest BCUT2D eigenvalue weighted by Crippen LogP contribution is -2.52. The van der Waals surface area contributed by atoms with E-state index in [0.29, 0.717) is 0 Å². The highest BCUT2D eigenvalue weighted by molar-refractivity contribution is 5.80. The van der Waals surface area contributed by atoms with Crippen LogP contribution in [0, 0.1) is 0 Å². The number of para-hydroxylation sites is 2. The summed E-state index contributed by atoms with van der Waals surface area (Å²) in [6.45, 7) is 8.37. The highest BCUT2D eigenvalue weighted by Crippen LogP contribution is 2.28. The minimum Gasteiger partial charge on any atom is -0.495 e. The summed E-state index contributed by atoms with van der Waals surface area (Å²) in [4.78, 5) is 9.43. The molecule has 0 bridgehead atoms. The maximum absolute atomic E-state index is 5.48. The number of ether oxygens (including phenoxy) is 2. The van der Waals surface area contributed by atoms with Crippen molar-refractivity contribution in [2.75, 3.05) is 65.0 Å². The van der Waals surface area contributed by atoms with Crippen molar-refractivity contribution >= 4 is 11.6 Å². The number of hydrogen-bond donors (Lipinski definition) is 1. The number of nitrogens with one attached hydrogen (secondary N) is 1. The van der Waals surface area contributed by atoms with E-state index in [2.05, 4.69) is 34.2 Å². The maximum Gasteiger partial charge on any atom is 0.194 e. The molecule has 134 valence electrons. The molecular formula is C18H30N4O2. The summed E-state index contributed by atoms with van der Waals surface area (Å²) < 4.78 is 10.6. The normalized spacial score (nSPS) is 15.5. The van der Waals surface area contributed by atoms with Crippen LogP contribution in [0.3, 0.4) is 0 Å². The zero-order chi connectivity index (χ0) is 17.2. The van der Waals surface area contributed by atoms with Crippen molar-refractivity contribution in [1.82, 2.24) is 10.2 Å². The van der Waals surface area contributed by atoms with E-state index in [1.807, 2.05) is 12.1 Å². The Morgan fingerprint density at radius 1 is 1.17 bits per heavy atom. The van der Waals surface area contributed by atoms with E-state index in [-0.39, 0.29) is 0 Å². The van der Waals surface area contributed by atoms with Crippen LogP contribution in [0.1, 0.15) is 13.3 Å². The molecule has 1 N–H and O–H groups in total. The van der Waals surface area contributed by atoms with E-state index >= 15 is 0 Å². The van der Waals surface area contributed by atoms with E-state index in [9.17, 15) is 0 Å². The summed E-state index contributed by atoms with van der Waals surface area (Å²) in [5.74, 6) is 1.94. The highest BCUT2D eigenvalue weighted by Gasteiger charge is 2.21. The standard InChI is InChI=1S/C18H30N4O2/c1-4-19-18(20-10-7-15-23-2)22-13-11-21(12-14-22)16-8-5-6-9-17(16)24-3/h5-6,8-9H,4,7,10-15H2,1-3H3,(H,19,20). The van der Waals surface area contributed by atoms with Gasteiger partial charge in [0.2, 0.25) is 0 Å². The van der Waals surface area contributed by atoms with Crippen LogP contribution in [-0.4, -0.2) is 71.0 Å². The van der Waals surface area contributed by atoms with Crippen LogP contribution >= 0.6 is 0 Å². The number of anilines is 1. The molecular weight excluding hydrogens is 304 g/mol. The molecule has 1 aromatic rings. The lowest BCUT2D eigenvalue weighted by Gasteiger charge is -2.38. The fourth-order valence-electron chi connectivity index (χ4n) is 2.87. The lowest BCUT2D eigenvalue weighted by molar-refractivity contribution is 0.197. The molecule has 1 aliphatic rings. The Morgan fingerprint density at radius 2 is 1.92 bits per heavy atom. The van der Waals surface area contributed by atoms with Crippen LogP contribution in [0.25, 0.3) is 0 Å². The quantitative estimate of drug-likeness (QED) is 0.468. The summed E-state index contributed by atoms with van der Waals surface area (Å²) in [5.41, 5.74) is 1.17. The van der Waals surface area contributed by atoms with Crippen molar-refractivity contribution in [3.8, 4) is 5.75 Å². The predicted molar refractivity (Wildman–Crippen MR) is 99.3 cm³/mol. The molecule has 0 spiro atoms. The van der Waals surface area contributed by atoms with Crippen LogP contribution < -0.4 is 15.0 Å². The van der Waals surface area contributed by atoms with Crippen LogP contribution in [0.4, 0.5) is 5.69 Å². The summed E-state index contributed by atoms with van der Waals surface area (Å²) >= 11 is 0. The van der Waals surface area contributed by atoms with Gasteiger partial charge in [-0.2, -0.15) is 0 Å². The van der Waals surface area contributed by atoms with Crippen molar-refractivity contribution in [1.29, 1.82) is 0 Å². The van der Waals surface area contributed by atoms with Gasteiger partial charge in [-0.1, -0.05) is 12.1 Å². The van der Waals surface area contributed by atoms with Gasteiger partial charge >= 0.3 is 0 Å². The molecule has 0 saturated carbocycles. The van der Waals surface area contributed by atoms with Gasteiger partial charge in [-0.25, -0.2) is 0 Å². The van der Waals surface area contributed by atoms with Crippen LogP contribution in [0.2, 0.25) is 0 Å². The van der Waals surface area contributed by atoms with Gasteiger partial charge in [-0.15, -0.1) is 0 Å². The summed E-state index contributed by atoms with van der Waals surface area (Å²) in [5, 5.41) is 3.40. The van der Waals surface area contributed by atoms with Gasteiger partial charge in [-0.05, 0) is 25.5 Å². The van der Waals surface area contributed by atoms with E-state index < -0.39 is 0 Å². The molecule has 2 rings (SSSR count). The molecule has 0 unspecified atom stereocenters. The van der Waals surface area contributed by atoms with Gasteiger partial charge in [0.15, 0.2) is 5.96 Å². The van der Waals surface area contributed by atoms with E-state index in [1.54, 1.807) is 14.2 Å². The Morgan fingerprint density at radius 3 is 2.58 bits per heavy atom. The van der Waals surface area contributed by atoms with Crippen molar-refractivity contribution in [3.05, 3.63) is 24.3 Å². The molecule has 0 amide bonds. The third-order valence-corrected chi connectivity index (χ3v) is 4.11. The van der Waals surface area contributed by atoms with E-state index in [1.165, 1.54) is 5.69 Å². The van der Waals surface area contributed by atoms with Crippen LogP contribution in [-0.2, 0) is 4.74 Å². The number of guanidine groups is 1. The van der Waals surface area contributed by atoms with Crippen molar-refractivity contribution < 1.29 is 9.47 Å². The Balaban J connectivity index is 1.94. The summed E-state index contributed by atoms with van der Waals surface area (Å²) in [6, 6.07) is 8.21. The molecule has 24 heavy (non-hydrogen) atoms. The lowest BCUT2D eigenvalue weighted by atomic mass is 10.2. The Bertz CT molecular complexity index is 513. The third-order valence-electron chi connectivity index (χ3n) is 4.11. The molecule has 0 radical (unpaired) electrons. The third kappa shape index (κ3) is 5.03. The Kier molecular flexibility index (Phi) is 7.68. The van der Waals surface area contributed by atoms with Gasteiger partial charge in [0.25, 0.3) is 0 Å². The molecule has 6 nitrogen and oxygen atoms in total. The van der Waals surface area contributed by atoms with Crippen LogP contribution in [0.15, 0.2) is 29.3 Å². The summed E-state index contributed by atoms with van der Waals surface area (Å²) in [6.07, 6.45) is 0.951. The van der Waals surface area contributed by atoms with Crippen molar-refractivity contribution in [3.63, 3.8) is 0 Å². The van der Waals surface area contributed by atoms with Crippen molar-refractivity contribution in [2.45, 2.75) is 13.3 Å². The molecule has 1 fully saturated rings. The zero-order valence-electron chi connectivity index (χ0n) is 15.1. The van der Waals surface area contributed by atoms with E-state index in [0.717, 1.165) is 64.0 Å². The molecule has 1 heterocycles. The first-order valence-electron chi connectivity index (χ1n) is 8.70. The number of nitrogens with zero attached hydrogens (tertiary/aromatic N) is 3. The maximum atomic E-state index is 5.48. The molecule has 0 aliphatic carbocycles. The number of hydrogen-bond acceptors (Lipinski definition) is 4. The number of aliphatic imine (C=N–C) groups is 1. The smallest absolute Gasteiger partial charge is 0.194 e. The minimum atomic E-state index is 0.754. The predicted octanol–water partition coefficient (Wildman–Crippen LogP) is 1.82. The fourth-order valence-corrected chi connectivity index (χ4v) is 2.87. The second-order valence-corrected chi connectivity index (χ2v) is 5.73. The van der Waals surface area contributed by atoms with Gasteiger partial charge in [0, 0.05) is 53.0 Å². The number of piperazine rings is 1. The molecule has 1 aliphatic heterocycles. The Hall–Kier alpha value is -1.95. The average Bonchev–Trinajstić information content (AvgIpc) is 2.64. The van der Waals surface area contributed by atoms with Gasteiger partial charge < -0.3 is 24.6 Å². The molecule has 6 heteroatoms. The fraction of sp³-hybridized carbons (Fsp3) is 0.611. The second-order valence-electron chi connectivity index (χ2n) is 5.73.